The third-order valence-corrected chi connectivity index (χ3v) is 5.47. The number of piperazine rings is 1. The first kappa shape index (κ1) is 19.9. The molecule has 1 fully saturated rings. The number of benzene rings is 2. The van der Waals surface area contributed by atoms with Crippen molar-refractivity contribution in [2.75, 3.05) is 36.8 Å². The van der Waals surface area contributed by atoms with E-state index in [1.54, 1.807) is 6.20 Å². The molecule has 2 aromatic carbocycles. The predicted octanol–water partition coefficient (Wildman–Crippen LogP) is 3.33. The van der Waals surface area contributed by atoms with E-state index in [0.717, 1.165) is 23.2 Å². The third-order valence-electron chi connectivity index (χ3n) is 5.47. The third kappa shape index (κ3) is 3.49. The number of carbonyl (C=O) groups is 1. The van der Waals surface area contributed by atoms with E-state index in [1.807, 2.05) is 29.2 Å². The van der Waals surface area contributed by atoms with Gasteiger partial charge in [-0.15, -0.1) is 0 Å². The molecule has 32 heavy (non-hydrogen) atoms. The molecule has 1 aliphatic rings. The quantitative estimate of drug-likeness (QED) is 0.507. The fourth-order valence-electron chi connectivity index (χ4n) is 3.78. The van der Waals surface area contributed by atoms with Gasteiger partial charge < -0.3 is 20.5 Å². The summed E-state index contributed by atoms with van der Waals surface area (Å²) in [5.41, 5.74) is 7.62. The molecule has 0 aliphatic carbocycles. The number of nitrogens with one attached hydrogen (secondary N) is 1. The van der Waals surface area contributed by atoms with Crippen LogP contribution in [0.5, 0.6) is 0 Å². The number of imidazole rings is 1. The van der Waals surface area contributed by atoms with Crippen molar-refractivity contribution < 1.29 is 16.4 Å². The van der Waals surface area contributed by atoms with Crippen LogP contribution in [0.15, 0.2) is 48.7 Å². The number of aromatic amines is 1. The van der Waals surface area contributed by atoms with Crippen LogP contribution in [0.3, 0.4) is 0 Å². The number of hydrogen-bond donors (Lipinski definition) is 2. The Morgan fingerprint density at radius 1 is 1.00 bits per heavy atom. The second-order valence-electron chi connectivity index (χ2n) is 7.44. The summed E-state index contributed by atoms with van der Waals surface area (Å²) in [7, 11) is 0. The summed E-state index contributed by atoms with van der Waals surface area (Å²) in [6.45, 7) is 1.44. The number of hydrogen-bond acceptors (Lipinski definition) is 6. The summed E-state index contributed by atoms with van der Waals surface area (Å²) in [5.74, 6) is -1.04. The van der Waals surface area contributed by atoms with Crippen molar-refractivity contribution in [2.24, 2.45) is 0 Å². The van der Waals surface area contributed by atoms with Gasteiger partial charge >= 0.3 is 0 Å². The van der Waals surface area contributed by atoms with E-state index in [1.165, 1.54) is 11.0 Å². The molecule has 2 aromatic heterocycles. The number of nitrogens with two attached hydrogens (primary N) is 1. The minimum atomic E-state index is -0.864. The van der Waals surface area contributed by atoms with Gasteiger partial charge in [0, 0.05) is 29.0 Å². The molecule has 0 bridgehead atoms. The first-order valence-corrected chi connectivity index (χ1v) is 10.1. The van der Waals surface area contributed by atoms with E-state index < -0.39 is 23.1 Å². The molecule has 1 saturated heterocycles. The maximum Gasteiger partial charge on any atom is 0.259 e. The van der Waals surface area contributed by atoms with Gasteiger partial charge in [0.05, 0.1) is 17.2 Å². The van der Waals surface area contributed by atoms with Crippen molar-refractivity contribution in [2.45, 2.75) is 0 Å². The Bertz CT molecular complexity index is 1270. The largest absolute Gasteiger partial charge is 0.382 e. The molecule has 0 spiro atoms. The highest BCUT2D eigenvalue weighted by atomic mass is 19.1. The second-order valence-corrected chi connectivity index (χ2v) is 7.44. The number of carbonyl (C=O) groups excluding carboxylic acids is 1. The summed E-state index contributed by atoms with van der Waals surface area (Å²) >= 11 is 0. The van der Waals surface area contributed by atoms with Crippen molar-refractivity contribution in [3.8, 4) is 11.5 Å². The zero-order valence-electron chi connectivity index (χ0n) is 16.9. The molecule has 1 amide bonds. The number of halogens is 2. The standard InChI is InChI=1S/C22H19F2N7O.2H2/c23-13-4-3-5-14(24)18(13)22(32)31-10-8-30(9-11-31)17-12-26-20(25)19(29-17)21-27-15-6-1-2-7-16(15)28-21;;/h1-7,12H,8-11H2,(H2,25,26)(H,27,28);2*1H. The lowest BCUT2D eigenvalue weighted by Crippen LogP contribution is -2.49. The smallest absolute Gasteiger partial charge is 0.259 e. The number of amides is 1. The van der Waals surface area contributed by atoms with Crippen molar-refractivity contribution in [3.63, 3.8) is 0 Å². The number of rotatable bonds is 3. The van der Waals surface area contributed by atoms with E-state index in [0.29, 0.717) is 43.5 Å². The fourth-order valence-corrected chi connectivity index (χ4v) is 3.78. The Morgan fingerprint density at radius 2 is 1.72 bits per heavy atom. The van der Waals surface area contributed by atoms with Crippen LogP contribution in [-0.2, 0) is 0 Å². The van der Waals surface area contributed by atoms with Gasteiger partial charge in [-0.2, -0.15) is 0 Å². The first-order chi connectivity index (χ1) is 15.5. The monoisotopic (exact) mass is 439 g/mol. The van der Waals surface area contributed by atoms with Gasteiger partial charge in [0.25, 0.3) is 5.91 Å². The van der Waals surface area contributed by atoms with E-state index >= 15 is 0 Å². The molecule has 5 rings (SSSR count). The number of anilines is 2. The minimum Gasteiger partial charge on any atom is -0.382 e. The number of nitrogen functional groups attached to an aromatic ring is 1. The Kier molecular flexibility index (Phi) is 4.89. The molecule has 4 aromatic rings. The van der Waals surface area contributed by atoms with Gasteiger partial charge in [-0.25, -0.2) is 23.7 Å². The van der Waals surface area contributed by atoms with Crippen LogP contribution in [0, 0.1) is 11.6 Å². The maximum absolute atomic E-state index is 14.0. The summed E-state index contributed by atoms with van der Waals surface area (Å²) in [5, 5.41) is 0. The number of H-pyrrole nitrogens is 1. The lowest BCUT2D eigenvalue weighted by molar-refractivity contribution is 0.0736. The van der Waals surface area contributed by atoms with Crippen LogP contribution in [0.4, 0.5) is 20.4 Å². The normalized spacial score (nSPS) is 14.2. The Morgan fingerprint density at radius 3 is 2.44 bits per heavy atom. The molecule has 0 unspecified atom stereocenters. The lowest BCUT2D eigenvalue weighted by atomic mass is 10.1. The van der Waals surface area contributed by atoms with Crippen LogP contribution < -0.4 is 10.6 Å². The second kappa shape index (κ2) is 7.88. The Labute approximate surface area is 184 Å². The zero-order valence-corrected chi connectivity index (χ0v) is 16.9. The van der Waals surface area contributed by atoms with Crippen molar-refractivity contribution in [1.82, 2.24) is 24.8 Å². The van der Waals surface area contributed by atoms with Gasteiger partial charge in [-0.05, 0) is 24.3 Å². The van der Waals surface area contributed by atoms with Gasteiger partial charge in [0.15, 0.2) is 17.3 Å². The average molecular weight is 439 g/mol. The zero-order chi connectivity index (χ0) is 22.2. The van der Waals surface area contributed by atoms with Gasteiger partial charge in [-0.1, -0.05) is 18.2 Å². The number of fused-ring (bicyclic) bond motifs is 1. The first-order valence-electron chi connectivity index (χ1n) is 10.1. The van der Waals surface area contributed by atoms with E-state index in [-0.39, 0.29) is 8.67 Å². The van der Waals surface area contributed by atoms with E-state index in [9.17, 15) is 13.6 Å². The van der Waals surface area contributed by atoms with Gasteiger partial charge in [0.2, 0.25) is 0 Å². The number of para-hydroxylation sites is 2. The van der Waals surface area contributed by atoms with Crippen LogP contribution in [0.2, 0.25) is 0 Å². The molecule has 8 nitrogen and oxygen atoms in total. The highest BCUT2D eigenvalue weighted by Gasteiger charge is 2.27. The molecular weight excluding hydrogens is 416 g/mol. The minimum absolute atomic E-state index is 0. The van der Waals surface area contributed by atoms with E-state index in [2.05, 4.69) is 19.9 Å². The van der Waals surface area contributed by atoms with Crippen LogP contribution in [-0.4, -0.2) is 56.9 Å². The van der Waals surface area contributed by atoms with Crippen LogP contribution in [0.1, 0.15) is 13.2 Å². The van der Waals surface area contributed by atoms with Gasteiger partial charge in [0.1, 0.15) is 23.0 Å². The summed E-state index contributed by atoms with van der Waals surface area (Å²) in [6.07, 6.45) is 1.56. The Balaban J connectivity index is 0.00000162. The molecule has 3 heterocycles. The summed E-state index contributed by atoms with van der Waals surface area (Å²) < 4.78 is 28.0. The lowest BCUT2D eigenvalue weighted by Gasteiger charge is -2.35. The molecular formula is C22H23F2N7O. The maximum atomic E-state index is 14.0. The van der Waals surface area contributed by atoms with Crippen LogP contribution in [0.25, 0.3) is 22.6 Å². The molecule has 10 heteroatoms. The SMILES string of the molecule is Nc1ncc(N2CCN(C(=O)c3c(F)cccc3F)CC2)nc1-c1nc2ccccc2[nH]1.[HH].[HH]. The predicted molar refractivity (Wildman–Crippen MR) is 120 cm³/mol. The topological polar surface area (TPSA) is 104 Å². The molecule has 1 aliphatic heterocycles. The molecule has 166 valence electrons. The van der Waals surface area contributed by atoms with Crippen molar-refractivity contribution in [1.29, 1.82) is 0 Å². The molecule has 0 radical (unpaired) electrons. The molecule has 0 atom stereocenters. The fraction of sp³-hybridized carbons (Fsp3) is 0.182. The average Bonchev–Trinajstić information content (AvgIpc) is 3.23. The summed E-state index contributed by atoms with van der Waals surface area (Å²) in [6, 6.07) is 11.0. The molecule has 3 N–H and O–H groups in total. The van der Waals surface area contributed by atoms with Crippen molar-refractivity contribution in [3.05, 3.63) is 65.9 Å². The Hall–Kier alpha value is -4.08. The number of nitrogens with zero attached hydrogens (tertiary/aromatic N) is 5. The molecule has 0 saturated carbocycles. The van der Waals surface area contributed by atoms with Crippen LogP contribution >= 0.6 is 0 Å². The number of aromatic nitrogens is 4. The highest BCUT2D eigenvalue weighted by molar-refractivity contribution is 5.95. The summed E-state index contributed by atoms with van der Waals surface area (Å²) in [4.78, 5) is 32.6. The van der Waals surface area contributed by atoms with Crippen molar-refractivity contribution >= 4 is 28.6 Å². The van der Waals surface area contributed by atoms with Gasteiger partial charge in [-0.3, -0.25) is 4.79 Å². The van der Waals surface area contributed by atoms with E-state index in [4.69, 9.17) is 5.73 Å². The highest BCUT2D eigenvalue weighted by Crippen LogP contribution is 2.26.